The fourth-order valence-corrected chi connectivity index (χ4v) is 5.53. The molecule has 1 aliphatic carbocycles. The maximum Gasteiger partial charge on any atom is 0.322 e. The minimum atomic E-state index is -0.272. The van der Waals surface area contributed by atoms with Crippen molar-refractivity contribution in [2.24, 2.45) is 0 Å². The molecule has 6 nitrogen and oxygen atoms in total. The summed E-state index contributed by atoms with van der Waals surface area (Å²) in [5.41, 5.74) is 2.21. The molecular formula is C29H32N4O2S. The molecular weight excluding hydrogens is 468 g/mol. The number of hydrogen-bond acceptors (Lipinski definition) is 4. The second kappa shape index (κ2) is 12.4. The maximum absolute atomic E-state index is 13.7. The summed E-state index contributed by atoms with van der Waals surface area (Å²) in [6.07, 6.45) is 5.07. The van der Waals surface area contributed by atoms with Gasteiger partial charge in [0.15, 0.2) is 0 Å². The van der Waals surface area contributed by atoms with Crippen LogP contribution in [0.3, 0.4) is 0 Å². The van der Waals surface area contributed by atoms with E-state index in [9.17, 15) is 9.59 Å². The Labute approximate surface area is 217 Å². The van der Waals surface area contributed by atoms with Crippen molar-refractivity contribution in [1.82, 2.24) is 9.80 Å². The lowest BCUT2D eigenvalue weighted by molar-refractivity contribution is -0.133. The molecule has 0 saturated heterocycles. The Hall–Kier alpha value is -3.63. The zero-order valence-electron chi connectivity index (χ0n) is 20.7. The predicted molar refractivity (Wildman–Crippen MR) is 144 cm³/mol. The van der Waals surface area contributed by atoms with Gasteiger partial charge < -0.3 is 15.1 Å². The van der Waals surface area contributed by atoms with Crippen LogP contribution in [0.25, 0.3) is 0 Å². The third-order valence-electron chi connectivity index (χ3n) is 6.56. The number of hydrogen-bond donors (Lipinski definition) is 1. The Morgan fingerprint density at radius 1 is 0.972 bits per heavy atom. The van der Waals surface area contributed by atoms with Crippen LogP contribution in [-0.4, -0.2) is 34.3 Å². The summed E-state index contributed by atoms with van der Waals surface area (Å²) in [5.74, 6) is -0.0644. The molecule has 3 amide bonds. The number of thiophene rings is 1. The summed E-state index contributed by atoms with van der Waals surface area (Å²) >= 11 is 1.69. The molecule has 0 aliphatic heterocycles. The number of carbonyl (C=O) groups is 2. The fourth-order valence-electron chi connectivity index (χ4n) is 4.62. The van der Waals surface area contributed by atoms with Crippen LogP contribution in [-0.2, 0) is 17.9 Å². The number of anilines is 1. The van der Waals surface area contributed by atoms with E-state index in [1.54, 1.807) is 40.5 Å². The fraction of sp³-hybridized carbons (Fsp3) is 0.345. The number of amides is 3. The molecule has 1 fully saturated rings. The van der Waals surface area contributed by atoms with E-state index in [0.717, 1.165) is 42.5 Å². The smallest absolute Gasteiger partial charge is 0.322 e. The van der Waals surface area contributed by atoms with Crippen LogP contribution in [0, 0.1) is 18.3 Å². The van der Waals surface area contributed by atoms with Crippen LogP contribution in [0.5, 0.6) is 0 Å². The van der Waals surface area contributed by atoms with Crippen molar-refractivity contribution in [1.29, 1.82) is 5.26 Å². The quantitative estimate of drug-likeness (QED) is 0.393. The van der Waals surface area contributed by atoms with Crippen molar-refractivity contribution >= 4 is 29.0 Å². The summed E-state index contributed by atoms with van der Waals surface area (Å²) in [5, 5.41) is 12.0. The van der Waals surface area contributed by atoms with Gasteiger partial charge in [-0.25, -0.2) is 4.79 Å². The average Bonchev–Trinajstić information content (AvgIpc) is 3.32. The first-order valence-corrected chi connectivity index (χ1v) is 13.3. The molecule has 2 aromatic carbocycles. The van der Waals surface area contributed by atoms with Crippen molar-refractivity contribution in [2.45, 2.75) is 58.2 Å². The van der Waals surface area contributed by atoms with Gasteiger partial charge in [0, 0.05) is 28.0 Å². The Morgan fingerprint density at radius 2 is 1.69 bits per heavy atom. The number of urea groups is 1. The van der Waals surface area contributed by atoms with Crippen LogP contribution < -0.4 is 5.32 Å². The highest BCUT2D eigenvalue weighted by Gasteiger charge is 2.29. The van der Waals surface area contributed by atoms with Crippen LogP contribution >= 0.6 is 11.3 Å². The molecule has 0 spiro atoms. The van der Waals surface area contributed by atoms with Gasteiger partial charge in [-0.15, -0.1) is 11.3 Å². The molecule has 0 unspecified atom stereocenters. The Morgan fingerprint density at radius 3 is 2.33 bits per heavy atom. The first kappa shape index (κ1) is 25.5. The molecule has 1 heterocycles. The highest BCUT2D eigenvalue weighted by molar-refractivity contribution is 7.11. The molecule has 36 heavy (non-hydrogen) atoms. The van der Waals surface area contributed by atoms with Gasteiger partial charge in [-0.1, -0.05) is 49.6 Å². The van der Waals surface area contributed by atoms with Crippen molar-refractivity contribution in [3.63, 3.8) is 0 Å². The van der Waals surface area contributed by atoms with E-state index >= 15 is 0 Å². The zero-order valence-corrected chi connectivity index (χ0v) is 21.5. The number of aryl methyl sites for hydroxylation is 1. The molecule has 1 saturated carbocycles. The molecule has 4 rings (SSSR count). The van der Waals surface area contributed by atoms with Gasteiger partial charge in [0.1, 0.15) is 6.54 Å². The maximum atomic E-state index is 13.7. The zero-order chi connectivity index (χ0) is 25.3. The van der Waals surface area contributed by atoms with Crippen molar-refractivity contribution < 1.29 is 9.59 Å². The summed E-state index contributed by atoms with van der Waals surface area (Å²) in [4.78, 5) is 33.1. The molecule has 1 aliphatic rings. The van der Waals surface area contributed by atoms with E-state index in [1.807, 2.05) is 35.2 Å². The van der Waals surface area contributed by atoms with Gasteiger partial charge in [-0.2, -0.15) is 5.26 Å². The summed E-state index contributed by atoms with van der Waals surface area (Å²) < 4.78 is 0. The molecule has 3 aromatic rings. The van der Waals surface area contributed by atoms with E-state index < -0.39 is 0 Å². The van der Waals surface area contributed by atoms with Gasteiger partial charge in [0.05, 0.1) is 18.2 Å². The normalized spacial score (nSPS) is 13.6. The van der Waals surface area contributed by atoms with Gasteiger partial charge >= 0.3 is 6.03 Å². The van der Waals surface area contributed by atoms with Crippen molar-refractivity contribution in [3.8, 4) is 6.07 Å². The number of nitriles is 1. The lowest BCUT2D eigenvalue weighted by atomic mass is 9.94. The Bertz CT molecular complexity index is 1190. The van der Waals surface area contributed by atoms with Crippen LogP contribution in [0.1, 0.15) is 53.0 Å². The number of nitrogens with one attached hydrogen (secondary N) is 1. The lowest BCUT2D eigenvalue weighted by Crippen LogP contribution is -2.49. The van der Waals surface area contributed by atoms with E-state index in [1.165, 1.54) is 4.88 Å². The minimum Gasteiger partial charge on any atom is -0.332 e. The third-order valence-corrected chi connectivity index (χ3v) is 7.54. The molecule has 7 heteroatoms. The van der Waals surface area contributed by atoms with Gasteiger partial charge in [-0.05, 0) is 61.7 Å². The van der Waals surface area contributed by atoms with Gasteiger partial charge in [0.2, 0.25) is 5.91 Å². The summed E-state index contributed by atoms with van der Waals surface area (Å²) in [6.45, 7) is 3.11. The van der Waals surface area contributed by atoms with Crippen LogP contribution in [0.4, 0.5) is 10.5 Å². The topological polar surface area (TPSA) is 76.4 Å². The SMILES string of the molecule is Cc1ccc(CN(Cc2ccccc2)C(=O)CN(C(=O)Nc2ccc(C#N)cc2)C2CCCCC2)s1. The third kappa shape index (κ3) is 6.96. The highest BCUT2D eigenvalue weighted by Crippen LogP contribution is 2.25. The van der Waals surface area contributed by atoms with Crippen LogP contribution in [0.2, 0.25) is 0 Å². The minimum absolute atomic E-state index is 0.0311. The molecule has 0 atom stereocenters. The lowest BCUT2D eigenvalue weighted by Gasteiger charge is -2.35. The van der Waals surface area contributed by atoms with Gasteiger partial charge in [0.25, 0.3) is 0 Å². The summed E-state index contributed by atoms with van der Waals surface area (Å²) in [6, 6.07) is 22.8. The molecule has 0 bridgehead atoms. The predicted octanol–water partition coefficient (Wildman–Crippen LogP) is 6.32. The Kier molecular flexibility index (Phi) is 8.75. The molecule has 186 valence electrons. The first-order valence-electron chi connectivity index (χ1n) is 12.5. The van der Waals surface area contributed by atoms with E-state index in [-0.39, 0.29) is 24.5 Å². The van der Waals surface area contributed by atoms with E-state index in [2.05, 4.69) is 30.4 Å². The first-order chi connectivity index (χ1) is 17.5. The largest absolute Gasteiger partial charge is 0.332 e. The van der Waals surface area contributed by atoms with Crippen LogP contribution in [0.15, 0.2) is 66.7 Å². The summed E-state index contributed by atoms with van der Waals surface area (Å²) in [7, 11) is 0. The number of carbonyl (C=O) groups excluding carboxylic acids is 2. The van der Waals surface area contributed by atoms with Gasteiger partial charge in [-0.3, -0.25) is 4.79 Å². The standard InChI is InChI=1S/C29H32N4O2S/c1-22-12-17-27(36-22)20-32(19-24-8-4-2-5-9-24)28(34)21-33(26-10-6-3-7-11-26)29(35)31-25-15-13-23(18-30)14-16-25/h2,4-5,8-9,12-17,26H,3,6-7,10-11,19-21H2,1H3,(H,31,35). The number of nitrogens with zero attached hydrogens (tertiary/aromatic N) is 3. The molecule has 1 N–H and O–H groups in total. The van der Waals surface area contributed by atoms with E-state index in [0.29, 0.717) is 24.3 Å². The average molecular weight is 501 g/mol. The highest BCUT2D eigenvalue weighted by atomic mass is 32.1. The Balaban J connectivity index is 1.53. The number of benzene rings is 2. The van der Waals surface area contributed by atoms with Crippen molar-refractivity contribution in [3.05, 3.63) is 87.6 Å². The monoisotopic (exact) mass is 500 g/mol. The molecule has 1 aromatic heterocycles. The second-order valence-electron chi connectivity index (χ2n) is 9.29. The van der Waals surface area contributed by atoms with Crippen molar-refractivity contribution in [2.75, 3.05) is 11.9 Å². The number of rotatable bonds is 8. The molecule has 0 radical (unpaired) electrons. The van der Waals surface area contributed by atoms with E-state index in [4.69, 9.17) is 5.26 Å². The second-order valence-corrected chi connectivity index (χ2v) is 10.7.